The topological polar surface area (TPSA) is 94.8 Å². The van der Waals surface area contributed by atoms with Gasteiger partial charge in [0, 0.05) is 36.6 Å². The van der Waals surface area contributed by atoms with Gasteiger partial charge in [0.2, 0.25) is 11.8 Å². The molecule has 0 bridgehead atoms. The lowest BCUT2D eigenvalue weighted by molar-refractivity contribution is -0.128. The van der Waals surface area contributed by atoms with Crippen LogP contribution in [0.1, 0.15) is 42.9 Å². The lowest BCUT2D eigenvalue weighted by Gasteiger charge is -2.41. The van der Waals surface area contributed by atoms with Gasteiger partial charge in [-0.1, -0.05) is 36.9 Å². The number of hydrogen-bond donors (Lipinski definition) is 0. The number of likely N-dealkylation sites (tertiary alicyclic amines) is 1. The maximum atomic E-state index is 14.6. The number of ether oxygens (including phenoxy) is 2. The quantitative estimate of drug-likeness (QED) is 0.385. The zero-order chi connectivity index (χ0) is 29.2. The molecule has 3 aromatic rings. The predicted molar refractivity (Wildman–Crippen MR) is 157 cm³/mol. The molecule has 3 aliphatic rings. The van der Waals surface area contributed by atoms with Crippen molar-refractivity contribution in [2.75, 3.05) is 44.7 Å². The zero-order valence-electron chi connectivity index (χ0n) is 23.8. The number of aromatic nitrogens is 2. The van der Waals surface area contributed by atoms with Crippen molar-refractivity contribution in [2.24, 2.45) is 0 Å². The third-order valence-corrected chi connectivity index (χ3v) is 8.73. The van der Waals surface area contributed by atoms with E-state index in [0.717, 1.165) is 35.9 Å². The highest BCUT2D eigenvalue weighted by Crippen LogP contribution is 2.41. The van der Waals surface area contributed by atoms with Crippen molar-refractivity contribution in [3.63, 3.8) is 0 Å². The van der Waals surface area contributed by atoms with E-state index in [9.17, 15) is 14.4 Å². The second-order valence-corrected chi connectivity index (χ2v) is 11.2. The van der Waals surface area contributed by atoms with Gasteiger partial charge in [0.15, 0.2) is 0 Å². The van der Waals surface area contributed by atoms with Crippen LogP contribution in [0, 0.1) is 17.1 Å². The van der Waals surface area contributed by atoms with Crippen LogP contribution < -0.4 is 14.4 Å². The van der Waals surface area contributed by atoms with E-state index in [0.29, 0.717) is 62.2 Å². The number of anilines is 1. The molecule has 9 nitrogen and oxygen atoms in total. The second kappa shape index (κ2) is 11.9. The van der Waals surface area contributed by atoms with E-state index in [1.165, 1.54) is 12.1 Å². The fourth-order valence-corrected chi connectivity index (χ4v) is 6.44. The molecule has 3 atom stereocenters. The maximum Gasteiger partial charge on any atom is 0.321 e. The molecule has 4 heterocycles. The molecule has 0 N–H and O–H groups in total. The number of benzene rings is 2. The minimum absolute atomic E-state index is 0.179. The Kier molecular flexibility index (Phi) is 7.94. The fourth-order valence-electron chi connectivity index (χ4n) is 6.44. The van der Waals surface area contributed by atoms with Crippen molar-refractivity contribution in [1.29, 1.82) is 5.26 Å². The summed E-state index contributed by atoms with van der Waals surface area (Å²) in [4.78, 5) is 28.2. The molecule has 2 aromatic carbocycles. The number of hydrogen-bond acceptors (Lipinski definition) is 8. The van der Waals surface area contributed by atoms with Gasteiger partial charge in [-0.15, -0.1) is 0 Å². The molecular weight excluding hydrogens is 535 g/mol. The molecule has 6 rings (SSSR count). The molecule has 0 spiro atoms. The summed E-state index contributed by atoms with van der Waals surface area (Å²) >= 11 is 0. The molecule has 0 aliphatic carbocycles. The van der Waals surface area contributed by atoms with Crippen molar-refractivity contribution < 1.29 is 18.7 Å². The highest BCUT2D eigenvalue weighted by molar-refractivity contribution is 5.88. The summed E-state index contributed by atoms with van der Waals surface area (Å²) in [5, 5.41) is 10.9. The fraction of sp³-hybridized carbons (Fsp3) is 0.438. The molecule has 0 radical (unpaired) electrons. The van der Waals surface area contributed by atoms with Gasteiger partial charge in [-0.3, -0.25) is 4.79 Å². The summed E-state index contributed by atoms with van der Waals surface area (Å²) in [7, 11) is 2.10. The van der Waals surface area contributed by atoms with Crippen molar-refractivity contribution in [2.45, 2.75) is 50.3 Å². The summed E-state index contributed by atoms with van der Waals surface area (Å²) < 4.78 is 27.3. The van der Waals surface area contributed by atoms with Crippen molar-refractivity contribution in [3.8, 4) is 18.0 Å². The lowest BCUT2D eigenvalue weighted by Crippen LogP contribution is -2.55. The first-order valence-electron chi connectivity index (χ1n) is 14.6. The van der Waals surface area contributed by atoms with Crippen LogP contribution in [0.5, 0.6) is 11.9 Å². The lowest BCUT2D eigenvalue weighted by atomic mass is 9.94. The van der Waals surface area contributed by atoms with Crippen LogP contribution in [0.25, 0.3) is 10.8 Å². The number of piperazine rings is 1. The van der Waals surface area contributed by atoms with E-state index in [-0.39, 0.29) is 36.3 Å². The molecule has 1 amide bonds. The molecule has 1 unspecified atom stereocenters. The van der Waals surface area contributed by atoms with Gasteiger partial charge in [-0.2, -0.15) is 15.2 Å². The number of likely N-dealkylation sites (N-methyl/N-ethyl adjacent to an activating group) is 1. The van der Waals surface area contributed by atoms with Gasteiger partial charge >= 0.3 is 6.01 Å². The number of nitriles is 1. The van der Waals surface area contributed by atoms with Crippen molar-refractivity contribution in [1.82, 2.24) is 19.8 Å². The van der Waals surface area contributed by atoms with Crippen LogP contribution in [-0.4, -0.2) is 77.6 Å². The van der Waals surface area contributed by atoms with Crippen LogP contribution >= 0.6 is 0 Å². The van der Waals surface area contributed by atoms with Gasteiger partial charge < -0.3 is 24.2 Å². The Morgan fingerprint density at radius 2 is 2.00 bits per heavy atom. The van der Waals surface area contributed by atoms with Crippen LogP contribution in [0.3, 0.4) is 0 Å². The molecule has 1 aromatic heterocycles. The molecular formula is C32H35FN6O3. The third kappa shape index (κ3) is 5.37. The highest BCUT2D eigenvalue weighted by atomic mass is 19.1. The molecule has 218 valence electrons. The van der Waals surface area contributed by atoms with E-state index in [2.05, 4.69) is 29.5 Å². The molecule has 2 fully saturated rings. The summed E-state index contributed by atoms with van der Waals surface area (Å²) in [5.41, 5.74) is 1.79. The van der Waals surface area contributed by atoms with Crippen LogP contribution in [0.2, 0.25) is 0 Å². The van der Waals surface area contributed by atoms with Crippen LogP contribution in [0.4, 0.5) is 10.2 Å². The minimum atomic E-state index is -0.312. The largest absolute Gasteiger partial charge is 0.469 e. The van der Waals surface area contributed by atoms with E-state index in [1.807, 2.05) is 18.2 Å². The molecule has 2 saturated heterocycles. The van der Waals surface area contributed by atoms with Crippen LogP contribution in [0.15, 0.2) is 49.1 Å². The van der Waals surface area contributed by atoms with Gasteiger partial charge in [-0.25, -0.2) is 4.39 Å². The summed E-state index contributed by atoms with van der Waals surface area (Å²) in [5.74, 6) is 0.734. The van der Waals surface area contributed by atoms with Crippen LogP contribution in [-0.2, 0) is 11.2 Å². The summed E-state index contributed by atoms with van der Waals surface area (Å²) in [6.07, 6.45) is 4.70. The average molecular weight is 571 g/mol. The van der Waals surface area contributed by atoms with Gasteiger partial charge in [-0.05, 0) is 56.8 Å². The number of nitrogens with zero attached hydrogens (tertiary/aromatic N) is 6. The molecule has 3 aliphatic heterocycles. The predicted octanol–water partition coefficient (Wildman–Crippen LogP) is 4.43. The summed E-state index contributed by atoms with van der Waals surface area (Å²) in [6.45, 7) is 6.58. The van der Waals surface area contributed by atoms with Gasteiger partial charge in [0.05, 0.1) is 24.1 Å². The number of carbonyl (C=O) groups excluding carboxylic acids is 1. The highest BCUT2D eigenvalue weighted by Gasteiger charge is 2.35. The van der Waals surface area contributed by atoms with E-state index >= 15 is 0 Å². The Hall–Kier alpha value is -4.23. The Morgan fingerprint density at radius 1 is 1.17 bits per heavy atom. The number of amides is 1. The van der Waals surface area contributed by atoms with Crippen molar-refractivity contribution in [3.05, 3.63) is 66.0 Å². The zero-order valence-corrected chi connectivity index (χ0v) is 23.8. The maximum absolute atomic E-state index is 14.6. The number of carbonyl (C=O) groups is 1. The standard InChI is InChI=1S/C32H35FN6O3/c1-3-29(40)39-18-17-38(19-21(39)14-15-34)30-26-12-13-28(25-10-4-9-24-23(25)8-5-11-27(24)33)42-31(26)36-32(35-30)41-20-22-7-6-16-37(22)2/h3-5,8-11,21-22,28H,1,6-7,12-14,16-20H2,2H3/t21-,22-,28?/m0/s1. The van der Waals surface area contributed by atoms with E-state index in [1.54, 1.807) is 17.0 Å². The first-order chi connectivity index (χ1) is 20.5. The smallest absolute Gasteiger partial charge is 0.321 e. The Morgan fingerprint density at radius 3 is 2.79 bits per heavy atom. The number of halogens is 1. The Bertz CT molecular complexity index is 1540. The van der Waals surface area contributed by atoms with E-state index in [4.69, 9.17) is 19.4 Å². The first-order valence-corrected chi connectivity index (χ1v) is 14.6. The van der Waals surface area contributed by atoms with Gasteiger partial charge in [0.1, 0.15) is 24.3 Å². The normalized spacial score (nSPS) is 22.4. The first kappa shape index (κ1) is 27.9. The summed E-state index contributed by atoms with van der Waals surface area (Å²) in [6, 6.07) is 13.2. The molecule has 10 heteroatoms. The number of fused-ring (bicyclic) bond motifs is 2. The second-order valence-electron chi connectivity index (χ2n) is 11.2. The molecule has 0 saturated carbocycles. The minimum Gasteiger partial charge on any atom is -0.469 e. The van der Waals surface area contributed by atoms with E-state index < -0.39 is 0 Å². The SMILES string of the molecule is C=CC(=O)N1CCN(c2nc(OC[C@@H]3CCCN3C)nc3c2CCC(c2cccc4c(F)cccc24)O3)C[C@@H]1CC#N. The third-order valence-electron chi connectivity index (χ3n) is 8.73. The van der Waals surface area contributed by atoms with Crippen molar-refractivity contribution >= 4 is 22.5 Å². The Balaban J connectivity index is 1.33. The monoisotopic (exact) mass is 570 g/mol. The van der Waals surface area contributed by atoms with Gasteiger partial charge in [0.25, 0.3) is 0 Å². The Labute approximate surface area is 245 Å². The molecule has 42 heavy (non-hydrogen) atoms. The average Bonchev–Trinajstić information content (AvgIpc) is 3.43. The number of rotatable bonds is 7.